The summed E-state index contributed by atoms with van der Waals surface area (Å²) in [7, 11) is 0. The number of aliphatic hydroxyl groups excluding tert-OH is 1. The SMILES string of the molecule is O=C(c1cccc(NC(=O)C23CC2C3)c1)N1CCCC(CO)C1. The van der Waals surface area contributed by atoms with E-state index in [9.17, 15) is 14.7 Å². The third-order valence-corrected chi connectivity index (χ3v) is 5.57. The third kappa shape index (κ3) is 2.63. The molecule has 1 atom stereocenters. The minimum absolute atomic E-state index is 0.0202. The van der Waals surface area contributed by atoms with Crippen molar-refractivity contribution >= 4 is 17.5 Å². The van der Waals surface area contributed by atoms with Crippen molar-refractivity contribution in [3.05, 3.63) is 29.8 Å². The molecule has 2 amide bonds. The second kappa shape index (κ2) is 5.34. The quantitative estimate of drug-likeness (QED) is 0.891. The Morgan fingerprint density at radius 2 is 2.13 bits per heavy atom. The van der Waals surface area contributed by atoms with Crippen molar-refractivity contribution in [1.82, 2.24) is 4.90 Å². The first-order chi connectivity index (χ1) is 11.1. The average molecular weight is 314 g/mol. The molecule has 3 aliphatic rings. The molecule has 1 aromatic carbocycles. The van der Waals surface area contributed by atoms with Gasteiger partial charge >= 0.3 is 0 Å². The van der Waals surface area contributed by atoms with Crippen molar-refractivity contribution in [2.24, 2.45) is 17.3 Å². The lowest BCUT2D eigenvalue weighted by Crippen LogP contribution is -2.40. The zero-order valence-electron chi connectivity index (χ0n) is 13.1. The maximum atomic E-state index is 12.6. The lowest BCUT2D eigenvalue weighted by molar-refractivity contribution is -0.119. The molecule has 1 unspecified atom stereocenters. The van der Waals surface area contributed by atoms with Crippen molar-refractivity contribution in [1.29, 1.82) is 0 Å². The Hall–Kier alpha value is -1.88. The fraction of sp³-hybridized carbons (Fsp3) is 0.556. The molecular formula is C18H22N2O3. The molecule has 1 heterocycles. The van der Waals surface area contributed by atoms with Crippen LogP contribution in [0.1, 0.15) is 36.0 Å². The Morgan fingerprint density at radius 1 is 1.35 bits per heavy atom. The minimum Gasteiger partial charge on any atom is -0.396 e. The second-order valence-electron chi connectivity index (χ2n) is 7.24. The summed E-state index contributed by atoms with van der Waals surface area (Å²) in [6.45, 7) is 1.47. The molecule has 1 saturated heterocycles. The first-order valence-electron chi connectivity index (χ1n) is 8.44. The maximum Gasteiger partial charge on any atom is 0.253 e. The van der Waals surface area contributed by atoms with Crippen LogP contribution in [0, 0.1) is 17.3 Å². The maximum absolute atomic E-state index is 12.6. The first kappa shape index (κ1) is 14.7. The zero-order valence-corrected chi connectivity index (χ0v) is 13.1. The predicted octanol–water partition coefficient (Wildman–Crippen LogP) is 1.88. The van der Waals surface area contributed by atoms with Gasteiger partial charge in [-0.3, -0.25) is 9.59 Å². The Balaban J connectivity index is 1.44. The lowest BCUT2D eigenvalue weighted by Gasteiger charge is -2.32. The Kier molecular flexibility index (Phi) is 3.41. The molecule has 0 aromatic heterocycles. The average Bonchev–Trinajstić information content (AvgIpc) is 3.44. The fourth-order valence-corrected chi connectivity index (χ4v) is 3.64. The highest BCUT2D eigenvalue weighted by molar-refractivity contribution is 6.02. The number of fused-ring (bicyclic) bond motifs is 1. The highest BCUT2D eigenvalue weighted by Gasteiger charge is 2.74. The van der Waals surface area contributed by atoms with Gasteiger partial charge < -0.3 is 15.3 Å². The van der Waals surface area contributed by atoms with Gasteiger partial charge in [0.15, 0.2) is 0 Å². The van der Waals surface area contributed by atoms with E-state index < -0.39 is 0 Å². The largest absolute Gasteiger partial charge is 0.396 e. The van der Waals surface area contributed by atoms with E-state index in [2.05, 4.69) is 5.32 Å². The van der Waals surface area contributed by atoms with Crippen LogP contribution in [0.25, 0.3) is 0 Å². The van der Waals surface area contributed by atoms with Gasteiger partial charge in [-0.25, -0.2) is 0 Å². The van der Waals surface area contributed by atoms with Gasteiger partial charge in [-0.15, -0.1) is 0 Å². The van der Waals surface area contributed by atoms with E-state index in [0.29, 0.717) is 23.7 Å². The summed E-state index contributed by atoms with van der Waals surface area (Å²) in [6.07, 6.45) is 3.94. The topological polar surface area (TPSA) is 69.6 Å². The zero-order chi connectivity index (χ0) is 16.0. The van der Waals surface area contributed by atoms with E-state index in [1.807, 2.05) is 17.0 Å². The van der Waals surface area contributed by atoms with Gasteiger partial charge in [-0.05, 0) is 55.7 Å². The van der Waals surface area contributed by atoms with E-state index in [1.54, 1.807) is 12.1 Å². The number of nitrogens with one attached hydrogen (secondary N) is 1. The number of carbonyl (C=O) groups excluding carboxylic acids is 2. The van der Waals surface area contributed by atoms with E-state index in [0.717, 1.165) is 32.2 Å². The van der Waals surface area contributed by atoms with Gasteiger partial charge in [0.1, 0.15) is 0 Å². The molecular weight excluding hydrogens is 292 g/mol. The second-order valence-corrected chi connectivity index (χ2v) is 7.24. The van der Waals surface area contributed by atoms with Crippen LogP contribution >= 0.6 is 0 Å². The predicted molar refractivity (Wildman–Crippen MR) is 85.9 cm³/mol. The van der Waals surface area contributed by atoms with E-state index in [4.69, 9.17) is 0 Å². The van der Waals surface area contributed by atoms with E-state index in [1.165, 1.54) is 0 Å². The number of hydrogen-bond acceptors (Lipinski definition) is 3. The molecule has 2 N–H and O–H groups in total. The van der Waals surface area contributed by atoms with Crippen molar-refractivity contribution < 1.29 is 14.7 Å². The number of anilines is 1. The number of rotatable bonds is 4. The van der Waals surface area contributed by atoms with Crippen LogP contribution in [0.5, 0.6) is 0 Å². The number of nitrogens with zero attached hydrogens (tertiary/aromatic N) is 1. The molecule has 4 rings (SSSR count). The number of carbonyl (C=O) groups is 2. The van der Waals surface area contributed by atoms with Gasteiger partial charge in [0.05, 0.1) is 5.41 Å². The molecule has 0 bridgehead atoms. The Morgan fingerprint density at radius 3 is 2.83 bits per heavy atom. The standard InChI is InChI=1S/C18H22N2O3/c21-11-12-3-2-6-20(10-12)16(22)13-4-1-5-15(7-13)19-17(23)18-8-14(18)9-18/h1,4-5,7,12,14,21H,2-3,6,8-11H2,(H,19,23). The molecule has 3 fully saturated rings. The van der Waals surface area contributed by atoms with Crippen molar-refractivity contribution in [2.45, 2.75) is 25.7 Å². The highest BCUT2D eigenvalue weighted by atomic mass is 16.3. The summed E-state index contributed by atoms with van der Waals surface area (Å²) in [5.74, 6) is 0.867. The summed E-state index contributed by atoms with van der Waals surface area (Å²) in [4.78, 5) is 26.6. The Bertz CT molecular complexity index is 651. The summed E-state index contributed by atoms with van der Waals surface area (Å²) in [5, 5.41) is 12.3. The lowest BCUT2D eigenvalue weighted by atomic mass is 9.98. The normalized spacial score (nSPS) is 31.3. The third-order valence-electron chi connectivity index (χ3n) is 5.57. The van der Waals surface area contributed by atoms with Gasteiger partial charge in [0, 0.05) is 30.9 Å². The first-order valence-corrected chi connectivity index (χ1v) is 8.44. The summed E-state index contributed by atoms with van der Waals surface area (Å²) in [5.41, 5.74) is 1.23. The van der Waals surface area contributed by atoms with Gasteiger partial charge in [0.2, 0.25) is 5.91 Å². The van der Waals surface area contributed by atoms with Crippen LogP contribution in [-0.2, 0) is 4.79 Å². The summed E-state index contributed by atoms with van der Waals surface area (Å²) in [6, 6.07) is 7.19. The molecule has 1 aromatic rings. The van der Waals surface area contributed by atoms with Crippen LogP contribution in [-0.4, -0.2) is 41.5 Å². The van der Waals surface area contributed by atoms with Crippen LogP contribution in [0.3, 0.4) is 0 Å². The van der Waals surface area contributed by atoms with Crippen molar-refractivity contribution in [3.8, 4) is 0 Å². The molecule has 23 heavy (non-hydrogen) atoms. The number of aliphatic hydroxyl groups is 1. The molecule has 122 valence electrons. The monoisotopic (exact) mass is 314 g/mol. The van der Waals surface area contributed by atoms with E-state index in [-0.39, 0.29) is 29.8 Å². The minimum atomic E-state index is -0.0682. The highest BCUT2D eigenvalue weighted by Crippen LogP contribution is 2.75. The number of amides is 2. The van der Waals surface area contributed by atoms with Crippen LogP contribution in [0.4, 0.5) is 5.69 Å². The molecule has 1 aliphatic heterocycles. The number of hydrogen-bond donors (Lipinski definition) is 2. The number of likely N-dealkylation sites (tertiary alicyclic amines) is 1. The van der Waals surface area contributed by atoms with E-state index >= 15 is 0 Å². The Labute approximate surface area is 135 Å². The fourth-order valence-electron chi connectivity index (χ4n) is 3.64. The number of benzene rings is 1. The van der Waals surface area contributed by atoms with Gasteiger partial charge in [0.25, 0.3) is 5.91 Å². The summed E-state index contributed by atoms with van der Waals surface area (Å²) >= 11 is 0. The van der Waals surface area contributed by atoms with Gasteiger partial charge in [-0.1, -0.05) is 6.07 Å². The smallest absolute Gasteiger partial charge is 0.253 e. The molecule has 2 saturated carbocycles. The van der Waals surface area contributed by atoms with Crippen LogP contribution in [0.15, 0.2) is 24.3 Å². The molecule has 5 heteroatoms. The molecule has 0 radical (unpaired) electrons. The van der Waals surface area contributed by atoms with Crippen molar-refractivity contribution in [2.75, 3.05) is 25.0 Å². The van der Waals surface area contributed by atoms with Crippen LogP contribution < -0.4 is 5.32 Å². The van der Waals surface area contributed by atoms with Crippen LogP contribution in [0.2, 0.25) is 0 Å². The van der Waals surface area contributed by atoms with Gasteiger partial charge in [-0.2, -0.15) is 0 Å². The van der Waals surface area contributed by atoms with Crippen molar-refractivity contribution in [3.63, 3.8) is 0 Å². The molecule has 5 nitrogen and oxygen atoms in total. The number of piperidine rings is 1. The molecule has 0 spiro atoms. The summed E-state index contributed by atoms with van der Waals surface area (Å²) < 4.78 is 0. The molecule has 2 aliphatic carbocycles.